The molecule has 0 bridgehead atoms. The van der Waals surface area contributed by atoms with E-state index >= 15 is 0 Å². The Balaban J connectivity index is 0. The van der Waals surface area contributed by atoms with Crippen molar-refractivity contribution in [1.29, 1.82) is 0 Å². The molecule has 6 heteroatoms. The number of nitrogens with zero attached hydrogens (tertiary/aromatic N) is 1. The molecule has 0 aromatic heterocycles. The SMILES string of the molecule is CC(C)(C)[C@H](N)C(=O)NCCCCCN1CCCCC1.Cl.Cl. The lowest BCUT2D eigenvalue weighted by Crippen LogP contribution is -2.48. The van der Waals surface area contributed by atoms with Crippen LogP contribution in [0.1, 0.15) is 59.3 Å². The first kappa shape index (κ1) is 24.2. The number of piperidine rings is 1. The Morgan fingerprint density at radius 2 is 1.68 bits per heavy atom. The van der Waals surface area contributed by atoms with Crippen molar-refractivity contribution < 1.29 is 4.79 Å². The van der Waals surface area contributed by atoms with Gasteiger partial charge in [-0.1, -0.05) is 33.6 Å². The fourth-order valence-corrected chi connectivity index (χ4v) is 2.54. The van der Waals surface area contributed by atoms with Gasteiger partial charge in [0.1, 0.15) is 0 Å². The molecule has 1 saturated heterocycles. The molecule has 1 amide bonds. The minimum absolute atomic E-state index is 0. The van der Waals surface area contributed by atoms with Gasteiger partial charge in [-0.25, -0.2) is 0 Å². The summed E-state index contributed by atoms with van der Waals surface area (Å²) in [6, 6.07) is -0.421. The van der Waals surface area contributed by atoms with E-state index in [0.717, 1.165) is 13.0 Å². The second-order valence-electron chi connectivity index (χ2n) is 7.10. The van der Waals surface area contributed by atoms with Crippen LogP contribution in [-0.2, 0) is 4.79 Å². The van der Waals surface area contributed by atoms with Crippen LogP contribution in [-0.4, -0.2) is 43.0 Å². The molecule has 1 rings (SSSR count). The molecule has 0 aromatic carbocycles. The molecule has 4 nitrogen and oxygen atoms in total. The lowest BCUT2D eigenvalue weighted by atomic mass is 9.87. The van der Waals surface area contributed by atoms with Gasteiger partial charge in [0.05, 0.1) is 6.04 Å². The number of carbonyl (C=O) groups is 1. The third kappa shape index (κ3) is 9.88. The first-order chi connectivity index (χ1) is 9.41. The summed E-state index contributed by atoms with van der Waals surface area (Å²) in [6.07, 6.45) is 7.59. The first-order valence-corrected chi connectivity index (χ1v) is 8.17. The summed E-state index contributed by atoms with van der Waals surface area (Å²) >= 11 is 0. The van der Waals surface area contributed by atoms with Crippen molar-refractivity contribution in [3.05, 3.63) is 0 Å². The van der Waals surface area contributed by atoms with Gasteiger partial charge in [-0.05, 0) is 50.7 Å². The van der Waals surface area contributed by atoms with Crippen molar-refractivity contribution in [2.45, 2.75) is 65.3 Å². The minimum atomic E-state index is -0.421. The maximum atomic E-state index is 11.8. The minimum Gasteiger partial charge on any atom is -0.355 e. The van der Waals surface area contributed by atoms with Crippen molar-refractivity contribution in [1.82, 2.24) is 10.2 Å². The number of hydrogen-bond acceptors (Lipinski definition) is 3. The number of hydrogen-bond donors (Lipinski definition) is 2. The van der Waals surface area contributed by atoms with Gasteiger partial charge in [0, 0.05) is 6.54 Å². The fraction of sp³-hybridized carbons (Fsp3) is 0.938. The smallest absolute Gasteiger partial charge is 0.237 e. The van der Waals surface area contributed by atoms with E-state index in [0.29, 0.717) is 0 Å². The predicted molar refractivity (Wildman–Crippen MR) is 99.1 cm³/mol. The Bertz CT molecular complexity index is 290. The Kier molecular flexibility index (Phi) is 13.7. The van der Waals surface area contributed by atoms with Crippen molar-refractivity contribution in [3.63, 3.8) is 0 Å². The van der Waals surface area contributed by atoms with Gasteiger partial charge < -0.3 is 16.0 Å². The molecule has 0 radical (unpaired) electrons. The summed E-state index contributed by atoms with van der Waals surface area (Å²) in [6.45, 7) is 10.5. The zero-order valence-electron chi connectivity index (χ0n) is 14.4. The number of carbonyl (C=O) groups excluding carboxylic acids is 1. The third-order valence-electron chi connectivity index (χ3n) is 4.11. The molecule has 0 aliphatic carbocycles. The van der Waals surface area contributed by atoms with Crippen LogP contribution < -0.4 is 11.1 Å². The zero-order valence-corrected chi connectivity index (χ0v) is 16.0. The molecule has 0 spiro atoms. The summed E-state index contributed by atoms with van der Waals surface area (Å²) < 4.78 is 0. The van der Waals surface area contributed by atoms with Crippen LogP contribution in [0, 0.1) is 5.41 Å². The van der Waals surface area contributed by atoms with Crippen LogP contribution >= 0.6 is 24.8 Å². The van der Waals surface area contributed by atoms with E-state index in [-0.39, 0.29) is 36.1 Å². The largest absolute Gasteiger partial charge is 0.355 e. The van der Waals surface area contributed by atoms with E-state index in [4.69, 9.17) is 5.73 Å². The highest BCUT2D eigenvalue weighted by atomic mass is 35.5. The zero-order chi connectivity index (χ0) is 15.0. The Morgan fingerprint density at radius 1 is 1.09 bits per heavy atom. The van der Waals surface area contributed by atoms with E-state index in [1.165, 1.54) is 51.7 Å². The summed E-state index contributed by atoms with van der Waals surface area (Å²) in [5.41, 5.74) is 5.75. The number of amides is 1. The predicted octanol–water partition coefficient (Wildman–Crippen LogP) is 2.98. The van der Waals surface area contributed by atoms with Crippen molar-refractivity contribution in [3.8, 4) is 0 Å². The molecule has 1 aliphatic heterocycles. The molecule has 134 valence electrons. The van der Waals surface area contributed by atoms with Gasteiger partial charge in [0.2, 0.25) is 5.91 Å². The van der Waals surface area contributed by atoms with Gasteiger partial charge in [0.15, 0.2) is 0 Å². The number of nitrogens with one attached hydrogen (secondary N) is 1. The van der Waals surface area contributed by atoms with Crippen LogP contribution in [0.25, 0.3) is 0 Å². The van der Waals surface area contributed by atoms with Gasteiger partial charge in [-0.3, -0.25) is 4.79 Å². The van der Waals surface area contributed by atoms with Crippen molar-refractivity contribution in [2.75, 3.05) is 26.2 Å². The summed E-state index contributed by atoms with van der Waals surface area (Å²) in [7, 11) is 0. The van der Waals surface area contributed by atoms with Gasteiger partial charge in [-0.15, -0.1) is 24.8 Å². The summed E-state index contributed by atoms with van der Waals surface area (Å²) in [4.78, 5) is 14.4. The lowest BCUT2D eigenvalue weighted by molar-refractivity contribution is -0.124. The average Bonchev–Trinajstić information content (AvgIpc) is 2.41. The molecule has 0 saturated carbocycles. The van der Waals surface area contributed by atoms with Crippen LogP contribution in [0.15, 0.2) is 0 Å². The quantitative estimate of drug-likeness (QED) is 0.690. The highest BCUT2D eigenvalue weighted by Gasteiger charge is 2.26. The molecule has 1 fully saturated rings. The number of likely N-dealkylation sites (tertiary alicyclic amines) is 1. The van der Waals surface area contributed by atoms with E-state index in [9.17, 15) is 4.79 Å². The Morgan fingerprint density at radius 3 is 2.23 bits per heavy atom. The monoisotopic (exact) mass is 355 g/mol. The van der Waals surface area contributed by atoms with Crippen LogP contribution in [0.4, 0.5) is 0 Å². The molecule has 0 aromatic rings. The fourth-order valence-electron chi connectivity index (χ4n) is 2.54. The van der Waals surface area contributed by atoms with Crippen LogP contribution in [0.5, 0.6) is 0 Å². The van der Waals surface area contributed by atoms with E-state index < -0.39 is 6.04 Å². The number of rotatable bonds is 7. The maximum absolute atomic E-state index is 11.8. The number of nitrogens with two attached hydrogens (primary N) is 1. The third-order valence-corrected chi connectivity index (χ3v) is 4.11. The van der Waals surface area contributed by atoms with Crippen molar-refractivity contribution in [2.24, 2.45) is 11.1 Å². The van der Waals surface area contributed by atoms with Gasteiger partial charge in [0.25, 0.3) is 0 Å². The van der Waals surface area contributed by atoms with Gasteiger partial charge >= 0.3 is 0 Å². The number of halogens is 2. The molecule has 1 aliphatic rings. The Hall–Kier alpha value is -0.0300. The molecule has 3 N–H and O–H groups in total. The van der Waals surface area contributed by atoms with Crippen LogP contribution in [0.2, 0.25) is 0 Å². The standard InChI is InChI=1S/C16H33N3O.2ClH/c1-16(2,3)14(17)15(20)18-10-6-4-7-11-19-12-8-5-9-13-19;;/h14H,4-13,17H2,1-3H3,(H,18,20);2*1H/t14-;;/m1../s1. The van der Waals surface area contributed by atoms with E-state index in [2.05, 4.69) is 10.2 Å². The summed E-state index contributed by atoms with van der Waals surface area (Å²) in [5, 5.41) is 2.95. The van der Waals surface area contributed by atoms with Gasteiger partial charge in [-0.2, -0.15) is 0 Å². The Labute approximate surface area is 148 Å². The second kappa shape index (κ2) is 12.4. The summed E-state index contributed by atoms with van der Waals surface area (Å²) in [5.74, 6) is -0.0199. The highest BCUT2D eigenvalue weighted by Crippen LogP contribution is 2.17. The first-order valence-electron chi connectivity index (χ1n) is 8.17. The lowest BCUT2D eigenvalue weighted by Gasteiger charge is -2.26. The van der Waals surface area contributed by atoms with E-state index in [1.807, 2.05) is 20.8 Å². The van der Waals surface area contributed by atoms with E-state index in [1.54, 1.807) is 0 Å². The topological polar surface area (TPSA) is 58.4 Å². The maximum Gasteiger partial charge on any atom is 0.237 e. The molecular weight excluding hydrogens is 321 g/mol. The molecule has 22 heavy (non-hydrogen) atoms. The van der Waals surface area contributed by atoms with Crippen LogP contribution in [0.3, 0.4) is 0 Å². The number of unbranched alkanes of at least 4 members (excludes halogenated alkanes) is 2. The molecular formula is C16H35Cl2N3O. The highest BCUT2D eigenvalue weighted by molar-refractivity contribution is 5.85. The molecule has 1 atom stereocenters. The van der Waals surface area contributed by atoms with Crippen molar-refractivity contribution >= 4 is 30.7 Å². The molecule has 1 heterocycles. The normalized spacial score (nSPS) is 17.1. The average molecular weight is 356 g/mol. The second-order valence-corrected chi connectivity index (χ2v) is 7.10. The molecule has 0 unspecified atom stereocenters.